The number of aryl methyl sites for hydroxylation is 1. The van der Waals surface area contributed by atoms with Crippen molar-refractivity contribution in [3.05, 3.63) is 69.8 Å². The summed E-state index contributed by atoms with van der Waals surface area (Å²) in [6.07, 6.45) is 2.10. The van der Waals surface area contributed by atoms with Crippen LogP contribution in [0, 0.1) is 10.1 Å². The van der Waals surface area contributed by atoms with Gasteiger partial charge in [0.15, 0.2) is 0 Å². The van der Waals surface area contributed by atoms with Gasteiger partial charge in [-0.2, -0.15) is 0 Å². The van der Waals surface area contributed by atoms with E-state index in [0.29, 0.717) is 19.4 Å². The molecule has 0 saturated carbocycles. The van der Waals surface area contributed by atoms with Crippen molar-refractivity contribution < 1.29 is 14.5 Å². The van der Waals surface area contributed by atoms with Crippen molar-refractivity contribution >= 4 is 11.6 Å². The second kappa shape index (κ2) is 10.2. The predicted molar refractivity (Wildman–Crippen MR) is 116 cm³/mol. The van der Waals surface area contributed by atoms with Gasteiger partial charge < -0.3 is 9.64 Å². The Labute approximate surface area is 177 Å². The molecular formula is C23H29N3O4. The van der Waals surface area contributed by atoms with E-state index >= 15 is 0 Å². The number of rotatable bonds is 7. The van der Waals surface area contributed by atoms with Gasteiger partial charge >= 0.3 is 0 Å². The number of carbonyl (C=O) groups is 1. The molecule has 1 unspecified atom stereocenters. The van der Waals surface area contributed by atoms with E-state index in [2.05, 4.69) is 11.8 Å². The van der Waals surface area contributed by atoms with Gasteiger partial charge in [0.05, 0.1) is 12.0 Å². The van der Waals surface area contributed by atoms with Crippen LogP contribution in [0.1, 0.15) is 36.9 Å². The summed E-state index contributed by atoms with van der Waals surface area (Å²) >= 11 is 0. The van der Waals surface area contributed by atoms with Crippen LogP contribution in [0.2, 0.25) is 0 Å². The van der Waals surface area contributed by atoms with Gasteiger partial charge in [0.25, 0.3) is 5.69 Å². The highest BCUT2D eigenvalue weighted by Gasteiger charge is 2.23. The molecule has 7 nitrogen and oxygen atoms in total. The highest BCUT2D eigenvalue weighted by Crippen LogP contribution is 2.25. The Kier molecular flexibility index (Phi) is 7.41. The summed E-state index contributed by atoms with van der Waals surface area (Å²) in [4.78, 5) is 27.7. The smallest absolute Gasteiger partial charge is 0.269 e. The van der Waals surface area contributed by atoms with Crippen LogP contribution in [0.4, 0.5) is 5.69 Å². The summed E-state index contributed by atoms with van der Waals surface area (Å²) < 4.78 is 5.17. The van der Waals surface area contributed by atoms with Crippen LogP contribution < -0.4 is 4.74 Å². The molecule has 0 aromatic heterocycles. The maximum Gasteiger partial charge on any atom is 0.269 e. The van der Waals surface area contributed by atoms with Crippen LogP contribution in [-0.2, 0) is 11.2 Å². The average Bonchev–Trinajstić information content (AvgIpc) is 3.03. The number of hydrogen-bond donors (Lipinski definition) is 0. The molecular weight excluding hydrogens is 382 g/mol. The fraction of sp³-hybridized carbons (Fsp3) is 0.435. The second-order valence-corrected chi connectivity index (χ2v) is 7.65. The first-order chi connectivity index (χ1) is 14.5. The molecule has 1 heterocycles. The molecule has 30 heavy (non-hydrogen) atoms. The van der Waals surface area contributed by atoms with Crippen molar-refractivity contribution in [2.75, 3.05) is 33.3 Å². The summed E-state index contributed by atoms with van der Waals surface area (Å²) in [5.74, 6) is 0.992. The van der Waals surface area contributed by atoms with E-state index in [4.69, 9.17) is 4.74 Å². The van der Waals surface area contributed by atoms with E-state index in [1.165, 1.54) is 6.07 Å². The molecule has 160 valence electrons. The molecule has 7 heteroatoms. The third-order valence-corrected chi connectivity index (χ3v) is 5.78. The number of nitro groups is 1. The number of hydrogen-bond acceptors (Lipinski definition) is 5. The summed E-state index contributed by atoms with van der Waals surface area (Å²) in [5, 5.41) is 11.1. The quantitative estimate of drug-likeness (QED) is 0.511. The minimum Gasteiger partial charge on any atom is -0.497 e. The Morgan fingerprint density at radius 1 is 1.13 bits per heavy atom. The van der Waals surface area contributed by atoms with E-state index in [9.17, 15) is 14.9 Å². The highest BCUT2D eigenvalue weighted by molar-refractivity contribution is 5.76. The molecule has 0 spiro atoms. The van der Waals surface area contributed by atoms with E-state index in [0.717, 1.165) is 42.9 Å². The average molecular weight is 412 g/mol. The number of methoxy groups -OCH3 is 1. The van der Waals surface area contributed by atoms with Gasteiger partial charge in [0, 0.05) is 50.8 Å². The van der Waals surface area contributed by atoms with Crippen LogP contribution in [-0.4, -0.2) is 53.9 Å². The Bertz CT molecular complexity index is 869. The molecule has 0 aliphatic carbocycles. The van der Waals surface area contributed by atoms with Crippen molar-refractivity contribution in [2.24, 2.45) is 0 Å². The zero-order valence-electron chi connectivity index (χ0n) is 17.6. The predicted octanol–water partition coefficient (Wildman–Crippen LogP) is 3.83. The molecule has 0 N–H and O–H groups in total. The molecule has 1 aliphatic rings. The lowest BCUT2D eigenvalue weighted by atomic mass is 10.1. The van der Waals surface area contributed by atoms with Crippen LogP contribution >= 0.6 is 0 Å². The van der Waals surface area contributed by atoms with Crippen molar-refractivity contribution in [2.45, 2.75) is 32.2 Å². The first-order valence-electron chi connectivity index (χ1n) is 10.4. The van der Waals surface area contributed by atoms with Gasteiger partial charge in [-0.05, 0) is 43.0 Å². The summed E-state index contributed by atoms with van der Waals surface area (Å²) in [6.45, 7) is 5.13. The molecule has 1 fully saturated rings. The Morgan fingerprint density at radius 3 is 2.60 bits per heavy atom. The number of amides is 1. The maximum atomic E-state index is 12.7. The molecule has 1 atom stereocenters. The fourth-order valence-corrected chi connectivity index (χ4v) is 3.88. The summed E-state index contributed by atoms with van der Waals surface area (Å²) in [6, 6.07) is 14.7. The van der Waals surface area contributed by atoms with E-state index < -0.39 is 0 Å². The zero-order chi connectivity index (χ0) is 21.5. The number of non-ortho nitro benzene ring substituents is 1. The normalized spacial score (nSPS) is 16.0. The van der Waals surface area contributed by atoms with Gasteiger partial charge in [-0.1, -0.05) is 24.3 Å². The number of benzene rings is 2. The Balaban J connectivity index is 1.54. The third kappa shape index (κ3) is 5.57. The molecule has 2 aromatic carbocycles. The lowest BCUT2D eigenvalue weighted by Crippen LogP contribution is -2.36. The molecule has 2 aromatic rings. The number of nitrogens with zero attached hydrogens (tertiary/aromatic N) is 3. The third-order valence-electron chi connectivity index (χ3n) is 5.78. The van der Waals surface area contributed by atoms with Gasteiger partial charge in [0.1, 0.15) is 5.75 Å². The SMILES string of the molecule is COc1ccc(CCC(=O)N2CCCN(C(C)c3cccc([N+](=O)[O-])c3)CC2)cc1. The molecule has 0 radical (unpaired) electrons. The van der Waals surface area contributed by atoms with E-state index in [1.807, 2.05) is 35.2 Å². The van der Waals surface area contributed by atoms with E-state index in [1.54, 1.807) is 19.2 Å². The number of ether oxygens (including phenoxy) is 1. The topological polar surface area (TPSA) is 75.9 Å². The lowest BCUT2D eigenvalue weighted by Gasteiger charge is -2.28. The van der Waals surface area contributed by atoms with Crippen molar-refractivity contribution in [3.63, 3.8) is 0 Å². The second-order valence-electron chi connectivity index (χ2n) is 7.65. The van der Waals surface area contributed by atoms with Crippen molar-refractivity contribution in [3.8, 4) is 5.75 Å². The fourth-order valence-electron chi connectivity index (χ4n) is 3.88. The minimum absolute atomic E-state index is 0.0688. The lowest BCUT2D eigenvalue weighted by molar-refractivity contribution is -0.385. The minimum atomic E-state index is -0.359. The Morgan fingerprint density at radius 2 is 1.90 bits per heavy atom. The van der Waals surface area contributed by atoms with Crippen LogP contribution in [0.3, 0.4) is 0 Å². The first-order valence-corrected chi connectivity index (χ1v) is 10.4. The molecule has 1 saturated heterocycles. The standard InChI is InChI=1S/C23H29N3O4/c1-18(20-5-3-6-21(17-20)26(28)29)24-13-4-14-25(16-15-24)23(27)12-9-19-7-10-22(30-2)11-8-19/h3,5-8,10-11,17-18H,4,9,12-16H2,1-2H3. The Hall–Kier alpha value is -2.93. The highest BCUT2D eigenvalue weighted by atomic mass is 16.6. The monoisotopic (exact) mass is 411 g/mol. The molecule has 1 amide bonds. The van der Waals surface area contributed by atoms with Gasteiger partial charge in [-0.25, -0.2) is 0 Å². The van der Waals surface area contributed by atoms with Gasteiger partial charge in [-0.15, -0.1) is 0 Å². The zero-order valence-corrected chi connectivity index (χ0v) is 17.6. The number of carbonyl (C=O) groups excluding carboxylic acids is 1. The molecule has 3 rings (SSSR count). The maximum absolute atomic E-state index is 12.7. The van der Waals surface area contributed by atoms with Gasteiger partial charge in [-0.3, -0.25) is 19.8 Å². The van der Waals surface area contributed by atoms with E-state index in [-0.39, 0.29) is 22.6 Å². The van der Waals surface area contributed by atoms with Crippen LogP contribution in [0.15, 0.2) is 48.5 Å². The number of nitro benzene ring substituents is 1. The van der Waals surface area contributed by atoms with Gasteiger partial charge in [0.2, 0.25) is 5.91 Å². The largest absolute Gasteiger partial charge is 0.497 e. The molecule has 1 aliphatic heterocycles. The van der Waals surface area contributed by atoms with Crippen molar-refractivity contribution in [1.82, 2.24) is 9.80 Å². The first kappa shape index (κ1) is 21.8. The van der Waals surface area contributed by atoms with Crippen LogP contribution in [0.25, 0.3) is 0 Å². The molecule has 0 bridgehead atoms. The summed E-state index contributed by atoms with van der Waals surface area (Å²) in [7, 11) is 1.64. The van der Waals surface area contributed by atoms with Crippen LogP contribution in [0.5, 0.6) is 5.75 Å². The summed E-state index contributed by atoms with van der Waals surface area (Å²) in [5.41, 5.74) is 2.17. The van der Waals surface area contributed by atoms with Crippen molar-refractivity contribution in [1.29, 1.82) is 0 Å².